The molecule has 3 rings (SSSR count). The Kier molecular flexibility index (Phi) is 4.79. The number of aromatic nitrogens is 1. The predicted molar refractivity (Wildman–Crippen MR) is 84.5 cm³/mol. The van der Waals surface area contributed by atoms with E-state index in [-0.39, 0.29) is 17.9 Å². The minimum absolute atomic E-state index is 0.141. The van der Waals surface area contributed by atoms with Crippen LogP contribution in [0.15, 0.2) is 24.5 Å². The maximum Gasteiger partial charge on any atom is 0.252 e. The fourth-order valence-corrected chi connectivity index (χ4v) is 3.58. The molecule has 6 heteroatoms. The van der Waals surface area contributed by atoms with E-state index in [1.807, 2.05) is 4.90 Å². The highest BCUT2D eigenvalue weighted by Gasteiger charge is 2.35. The van der Waals surface area contributed by atoms with Crippen molar-refractivity contribution in [3.63, 3.8) is 0 Å². The minimum atomic E-state index is -0.230. The molecule has 0 spiro atoms. The van der Waals surface area contributed by atoms with E-state index in [2.05, 4.69) is 5.32 Å². The molecule has 1 N–H and O–H groups in total. The van der Waals surface area contributed by atoms with Crippen LogP contribution in [0.25, 0.3) is 0 Å². The topological polar surface area (TPSA) is 76.4 Å². The second-order valence-electron chi connectivity index (χ2n) is 6.51. The summed E-state index contributed by atoms with van der Waals surface area (Å²) in [7, 11) is 0. The Balaban J connectivity index is 1.58. The van der Waals surface area contributed by atoms with E-state index in [4.69, 9.17) is 0 Å². The molecule has 23 heavy (non-hydrogen) atoms. The van der Waals surface area contributed by atoms with Crippen LogP contribution >= 0.6 is 0 Å². The van der Waals surface area contributed by atoms with Gasteiger partial charge in [0.05, 0.1) is 11.6 Å². The van der Waals surface area contributed by atoms with Gasteiger partial charge in [-0.05, 0) is 12.8 Å². The maximum absolute atomic E-state index is 12.3. The van der Waals surface area contributed by atoms with Gasteiger partial charge < -0.3 is 15.4 Å². The summed E-state index contributed by atoms with van der Waals surface area (Å²) in [4.78, 5) is 26.5. The van der Waals surface area contributed by atoms with Gasteiger partial charge >= 0.3 is 0 Å². The lowest BCUT2D eigenvalue weighted by atomic mass is 10.1. The standard InChI is InChI=1S/C17H23N3O3/c21-16-11-14(12-20(16)15-5-3-1-2-4-6-15)18-17(22)13-7-9-19(23)10-8-13/h7-10,14-15H,1-6,11-12H2,(H,18,22). The Hall–Kier alpha value is -2.11. The van der Waals surface area contributed by atoms with Crippen molar-refractivity contribution >= 4 is 11.8 Å². The van der Waals surface area contributed by atoms with Crippen molar-refractivity contribution in [3.05, 3.63) is 35.3 Å². The lowest BCUT2D eigenvalue weighted by molar-refractivity contribution is -0.605. The van der Waals surface area contributed by atoms with Crippen molar-refractivity contribution in [1.82, 2.24) is 10.2 Å². The second-order valence-corrected chi connectivity index (χ2v) is 6.51. The highest BCUT2D eigenvalue weighted by Crippen LogP contribution is 2.25. The molecule has 1 aromatic heterocycles. The van der Waals surface area contributed by atoms with Gasteiger partial charge in [0.2, 0.25) is 5.91 Å². The van der Waals surface area contributed by atoms with Gasteiger partial charge in [-0.2, -0.15) is 4.73 Å². The van der Waals surface area contributed by atoms with E-state index in [1.165, 1.54) is 50.2 Å². The lowest BCUT2D eigenvalue weighted by Gasteiger charge is -2.27. The summed E-state index contributed by atoms with van der Waals surface area (Å²) in [6.45, 7) is 0.601. The van der Waals surface area contributed by atoms with Gasteiger partial charge in [0, 0.05) is 31.1 Å². The van der Waals surface area contributed by atoms with E-state index in [0.717, 1.165) is 12.8 Å². The molecule has 0 radical (unpaired) electrons. The number of likely N-dealkylation sites (tertiary alicyclic amines) is 1. The third-order valence-corrected chi connectivity index (χ3v) is 4.82. The zero-order chi connectivity index (χ0) is 16.2. The Morgan fingerprint density at radius 2 is 1.83 bits per heavy atom. The Morgan fingerprint density at radius 1 is 1.17 bits per heavy atom. The van der Waals surface area contributed by atoms with Crippen molar-refractivity contribution in [3.8, 4) is 0 Å². The molecular formula is C17H23N3O3. The first kappa shape index (κ1) is 15.8. The summed E-state index contributed by atoms with van der Waals surface area (Å²) < 4.78 is 0.643. The average Bonchev–Trinajstić information content (AvgIpc) is 2.75. The molecule has 2 fully saturated rings. The fourth-order valence-electron chi connectivity index (χ4n) is 3.58. The molecule has 124 valence electrons. The molecular weight excluding hydrogens is 294 g/mol. The van der Waals surface area contributed by atoms with Gasteiger partial charge in [0.15, 0.2) is 12.4 Å². The summed E-state index contributed by atoms with van der Waals surface area (Å²) in [5.41, 5.74) is 0.442. The zero-order valence-corrected chi connectivity index (χ0v) is 13.2. The molecule has 6 nitrogen and oxygen atoms in total. The molecule has 0 bridgehead atoms. The Bertz CT molecular complexity index is 565. The number of carbonyl (C=O) groups is 2. The number of rotatable bonds is 3. The summed E-state index contributed by atoms with van der Waals surface area (Å²) in [6.07, 6.45) is 10.0. The first-order valence-electron chi connectivity index (χ1n) is 8.42. The maximum atomic E-state index is 12.3. The van der Waals surface area contributed by atoms with Crippen LogP contribution in [0.2, 0.25) is 0 Å². The van der Waals surface area contributed by atoms with Gasteiger partial charge in [0.1, 0.15) is 0 Å². The third kappa shape index (κ3) is 3.81. The SMILES string of the molecule is O=C(NC1CC(=O)N(C2CCCCCC2)C1)c1cc[n+]([O-])cc1. The smallest absolute Gasteiger partial charge is 0.252 e. The quantitative estimate of drug-likeness (QED) is 0.520. The van der Waals surface area contributed by atoms with Crippen molar-refractivity contribution in [2.75, 3.05) is 6.54 Å². The van der Waals surface area contributed by atoms with Crippen LogP contribution in [-0.2, 0) is 4.79 Å². The van der Waals surface area contributed by atoms with Gasteiger partial charge in [-0.15, -0.1) is 0 Å². The van der Waals surface area contributed by atoms with Gasteiger partial charge in [-0.3, -0.25) is 9.59 Å². The van der Waals surface area contributed by atoms with Crippen LogP contribution < -0.4 is 10.0 Å². The number of hydrogen-bond donors (Lipinski definition) is 1. The first-order valence-corrected chi connectivity index (χ1v) is 8.42. The number of hydrogen-bond acceptors (Lipinski definition) is 3. The van der Waals surface area contributed by atoms with Crippen molar-refractivity contribution in [1.29, 1.82) is 0 Å². The molecule has 1 saturated heterocycles. The zero-order valence-electron chi connectivity index (χ0n) is 13.2. The highest BCUT2D eigenvalue weighted by atomic mass is 16.5. The molecule has 2 heterocycles. The van der Waals surface area contributed by atoms with E-state index < -0.39 is 0 Å². The summed E-state index contributed by atoms with van der Waals surface area (Å²) >= 11 is 0. The predicted octanol–water partition coefficient (Wildman–Crippen LogP) is 1.37. The number of carbonyl (C=O) groups excluding carboxylic acids is 2. The van der Waals surface area contributed by atoms with E-state index in [9.17, 15) is 14.8 Å². The van der Waals surface area contributed by atoms with E-state index in [1.54, 1.807) is 0 Å². The first-order chi connectivity index (χ1) is 11.1. The van der Waals surface area contributed by atoms with Crippen molar-refractivity contribution < 1.29 is 14.3 Å². The van der Waals surface area contributed by atoms with Gasteiger partial charge in [-0.25, -0.2) is 0 Å². The summed E-state index contributed by atoms with van der Waals surface area (Å²) in [6, 6.07) is 3.17. The molecule has 1 unspecified atom stereocenters. The Morgan fingerprint density at radius 3 is 2.48 bits per heavy atom. The second kappa shape index (κ2) is 6.98. The molecule has 1 aromatic rings. The molecule has 1 aliphatic heterocycles. The van der Waals surface area contributed by atoms with Crippen LogP contribution in [0.5, 0.6) is 0 Å². The number of amides is 2. The molecule has 2 amide bonds. The fraction of sp³-hybridized carbons (Fsp3) is 0.588. The third-order valence-electron chi connectivity index (χ3n) is 4.82. The van der Waals surface area contributed by atoms with E-state index >= 15 is 0 Å². The lowest BCUT2D eigenvalue weighted by Crippen LogP contribution is -2.40. The Labute approximate surface area is 136 Å². The minimum Gasteiger partial charge on any atom is -0.619 e. The highest BCUT2D eigenvalue weighted by molar-refractivity contribution is 5.94. The molecule has 1 atom stereocenters. The largest absolute Gasteiger partial charge is 0.619 e. The van der Waals surface area contributed by atoms with Crippen LogP contribution in [-0.4, -0.2) is 35.3 Å². The molecule has 0 aromatic carbocycles. The number of pyridine rings is 1. The summed E-state index contributed by atoms with van der Waals surface area (Å²) in [5.74, 6) is -0.0845. The van der Waals surface area contributed by atoms with Crippen molar-refractivity contribution in [2.45, 2.75) is 57.0 Å². The normalized spacial score (nSPS) is 22.9. The van der Waals surface area contributed by atoms with E-state index in [0.29, 0.717) is 29.3 Å². The number of nitrogens with zero attached hydrogens (tertiary/aromatic N) is 2. The number of nitrogens with one attached hydrogen (secondary N) is 1. The van der Waals surface area contributed by atoms with Crippen LogP contribution in [0.3, 0.4) is 0 Å². The van der Waals surface area contributed by atoms with Gasteiger partial charge in [0.25, 0.3) is 5.91 Å². The molecule has 1 aliphatic carbocycles. The molecule has 1 saturated carbocycles. The van der Waals surface area contributed by atoms with Crippen LogP contribution in [0.4, 0.5) is 0 Å². The van der Waals surface area contributed by atoms with Crippen LogP contribution in [0.1, 0.15) is 55.3 Å². The summed E-state index contributed by atoms with van der Waals surface area (Å²) in [5, 5.41) is 13.9. The van der Waals surface area contributed by atoms with Crippen molar-refractivity contribution in [2.24, 2.45) is 0 Å². The molecule has 2 aliphatic rings. The average molecular weight is 317 g/mol. The van der Waals surface area contributed by atoms with Crippen LogP contribution in [0, 0.1) is 5.21 Å². The van der Waals surface area contributed by atoms with Gasteiger partial charge in [-0.1, -0.05) is 25.7 Å². The monoisotopic (exact) mass is 317 g/mol.